The number of rotatable bonds is 5. The number of H-pyrrole nitrogens is 1. The summed E-state index contributed by atoms with van der Waals surface area (Å²) in [5.74, 6) is 0.835. The van der Waals surface area contributed by atoms with Gasteiger partial charge in [0.25, 0.3) is 5.91 Å². The third-order valence-corrected chi connectivity index (χ3v) is 7.93. The molecule has 11 nitrogen and oxygen atoms in total. The van der Waals surface area contributed by atoms with Crippen LogP contribution in [0.4, 0.5) is 10.6 Å². The van der Waals surface area contributed by atoms with E-state index in [-0.39, 0.29) is 31.3 Å². The van der Waals surface area contributed by atoms with Gasteiger partial charge >= 0.3 is 6.03 Å². The van der Waals surface area contributed by atoms with E-state index >= 15 is 0 Å². The number of nitrogens with one attached hydrogen (secondary N) is 2. The molecule has 3 aliphatic rings. The Balaban J connectivity index is 0.00000320. The van der Waals surface area contributed by atoms with Crippen molar-refractivity contribution in [2.24, 2.45) is 5.92 Å². The molecule has 2 N–H and O–H groups in total. The average Bonchev–Trinajstić information content (AvgIpc) is 3.59. The molecule has 0 aromatic carbocycles. The van der Waals surface area contributed by atoms with Gasteiger partial charge in [0.2, 0.25) is 5.76 Å². The molecule has 5 heterocycles. The highest BCUT2D eigenvalue weighted by Gasteiger charge is 2.41. The predicted octanol–water partition coefficient (Wildman–Crippen LogP) is 3.67. The molecule has 5 rings (SSSR count). The Hall–Kier alpha value is -2.92. The lowest BCUT2D eigenvalue weighted by Crippen LogP contribution is -2.60. The minimum atomic E-state index is -0.406. The van der Waals surface area contributed by atoms with Crippen LogP contribution in [0.1, 0.15) is 81.5 Å². The number of ether oxygens (including phenoxy) is 1. The number of anilines is 1. The number of aromatic nitrogens is 3. The van der Waals surface area contributed by atoms with E-state index < -0.39 is 5.91 Å². The van der Waals surface area contributed by atoms with Crippen molar-refractivity contribution in [1.82, 2.24) is 30.1 Å². The third kappa shape index (κ3) is 5.38. The fraction of sp³-hybridized carbons (Fsp3) is 0.692. The van der Waals surface area contributed by atoms with Crippen molar-refractivity contribution in [2.75, 3.05) is 38.2 Å². The van der Waals surface area contributed by atoms with Crippen molar-refractivity contribution in [3.8, 4) is 0 Å². The van der Waals surface area contributed by atoms with E-state index in [0.717, 1.165) is 50.4 Å². The van der Waals surface area contributed by atoms with E-state index in [1.165, 1.54) is 0 Å². The molecule has 1 unspecified atom stereocenters. The molecule has 2 aromatic rings. The van der Waals surface area contributed by atoms with Crippen molar-refractivity contribution in [3.63, 3.8) is 0 Å². The number of aryl methyl sites for hydroxylation is 1. The molecule has 0 radical (unpaired) electrons. The molecule has 3 amide bonds. The summed E-state index contributed by atoms with van der Waals surface area (Å²) in [7, 11) is 0. The zero-order valence-electron chi connectivity index (χ0n) is 21.6. The van der Waals surface area contributed by atoms with Crippen LogP contribution in [-0.2, 0) is 17.7 Å². The van der Waals surface area contributed by atoms with Crippen LogP contribution in [0.5, 0.6) is 0 Å². The molecule has 0 saturated carbocycles. The number of hydrogen-bond acceptors (Lipinski definition) is 7. The molecular formula is C26H41N7O4. The Labute approximate surface area is 218 Å². The first-order valence-electron chi connectivity index (χ1n) is 13.1. The maximum absolute atomic E-state index is 13.7. The summed E-state index contributed by atoms with van der Waals surface area (Å²) in [5, 5.41) is 14.0. The van der Waals surface area contributed by atoms with Gasteiger partial charge in [-0.2, -0.15) is 5.10 Å². The number of fused-ring (bicyclic) bond motifs is 1. The second-order valence-corrected chi connectivity index (χ2v) is 10.4. The van der Waals surface area contributed by atoms with Crippen LogP contribution >= 0.6 is 0 Å². The highest BCUT2D eigenvalue weighted by Crippen LogP contribution is 2.37. The van der Waals surface area contributed by atoms with E-state index in [2.05, 4.69) is 39.4 Å². The summed E-state index contributed by atoms with van der Waals surface area (Å²) in [6.07, 6.45) is 2.92. The van der Waals surface area contributed by atoms with Crippen molar-refractivity contribution in [3.05, 3.63) is 28.8 Å². The summed E-state index contributed by atoms with van der Waals surface area (Å²) in [4.78, 5) is 32.7. The summed E-state index contributed by atoms with van der Waals surface area (Å²) >= 11 is 0. The van der Waals surface area contributed by atoms with E-state index in [1.807, 2.05) is 23.6 Å². The maximum atomic E-state index is 13.7. The van der Waals surface area contributed by atoms with E-state index in [0.29, 0.717) is 43.0 Å². The first-order valence-corrected chi connectivity index (χ1v) is 13.1. The van der Waals surface area contributed by atoms with Crippen molar-refractivity contribution in [2.45, 2.75) is 79.1 Å². The fourth-order valence-electron chi connectivity index (χ4n) is 5.58. The second kappa shape index (κ2) is 11.2. The third-order valence-electron chi connectivity index (χ3n) is 7.93. The van der Waals surface area contributed by atoms with E-state index in [9.17, 15) is 9.59 Å². The Bertz CT molecular complexity index is 1090. The normalized spacial score (nSPS) is 24.6. The van der Waals surface area contributed by atoms with Crippen molar-refractivity contribution >= 4 is 17.8 Å². The standard InChI is InChI=1S/C25H37N7O4.CH4/c1-5-19-10-21(36-29-19)24(33)26-23-20-14-32(17(4)22(20)27-28-23)25(34)31-12-15(2)30(11-16(31)3)13-18-6-8-35-9-7-18;/h10,15-18H,5-9,11-14H2,1-4H3,(H2,26,27,28,33);1H4/t15-,16+,17?;/m1./s1. The predicted molar refractivity (Wildman–Crippen MR) is 139 cm³/mol. The Morgan fingerprint density at radius 3 is 2.59 bits per heavy atom. The quantitative estimate of drug-likeness (QED) is 0.623. The second-order valence-electron chi connectivity index (χ2n) is 10.4. The highest BCUT2D eigenvalue weighted by molar-refractivity contribution is 6.02. The first kappa shape index (κ1) is 27.1. The molecular weight excluding hydrogens is 474 g/mol. The lowest BCUT2D eigenvalue weighted by atomic mass is 9.97. The molecule has 204 valence electrons. The number of piperazine rings is 1. The van der Waals surface area contributed by atoms with Gasteiger partial charge in [0.15, 0.2) is 5.82 Å². The van der Waals surface area contributed by atoms with Gasteiger partial charge in [-0.25, -0.2) is 4.79 Å². The highest BCUT2D eigenvalue weighted by atomic mass is 16.5. The topological polar surface area (TPSA) is 120 Å². The summed E-state index contributed by atoms with van der Waals surface area (Å²) < 4.78 is 10.7. The van der Waals surface area contributed by atoms with Gasteiger partial charge in [0.1, 0.15) is 0 Å². The van der Waals surface area contributed by atoms with E-state index in [1.54, 1.807) is 6.07 Å². The van der Waals surface area contributed by atoms with Crippen LogP contribution in [0.2, 0.25) is 0 Å². The maximum Gasteiger partial charge on any atom is 0.321 e. The summed E-state index contributed by atoms with van der Waals surface area (Å²) in [5.41, 5.74) is 2.40. The lowest BCUT2D eigenvalue weighted by Gasteiger charge is -2.46. The average molecular weight is 516 g/mol. The number of carbonyl (C=O) groups excluding carboxylic acids is 2. The molecule has 3 atom stereocenters. The number of hydrogen-bond donors (Lipinski definition) is 2. The van der Waals surface area contributed by atoms with Gasteiger partial charge in [0.05, 0.1) is 24.0 Å². The fourth-order valence-corrected chi connectivity index (χ4v) is 5.58. The number of urea groups is 1. The van der Waals surface area contributed by atoms with Gasteiger partial charge in [-0.15, -0.1) is 0 Å². The van der Waals surface area contributed by atoms with E-state index in [4.69, 9.17) is 9.26 Å². The largest absolute Gasteiger partial charge is 0.381 e. The molecule has 0 spiro atoms. The number of aromatic amines is 1. The minimum Gasteiger partial charge on any atom is -0.381 e. The smallest absolute Gasteiger partial charge is 0.321 e. The molecule has 2 fully saturated rings. The van der Waals surface area contributed by atoms with Crippen molar-refractivity contribution in [1.29, 1.82) is 0 Å². The van der Waals surface area contributed by atoms with Gasteiger partial charge in [-0.05, 0) is 46.0 Å². The monoisotopic (exact) mass is 515 g/mol. The zero-order valence-corrected chi connectivity index (χ0v) is 21.6. The van der Waals surface area contributed by atoms with Crippen LogP contribution < -0.4 is 5.32 Å². The van der Waals surface area contributed by atoms with Crippen molar-refractivity contribution < 1.29 is 18.8 Å². The van der Waals surface area contributed by atoms with Gasteiger partial charge in [-0.3, -0.25) is 14.8 Å². The molecule has 3 aliphatic heterocycles. The van der Waals surface area contributed by atoms with Crippen LogP contribution in [0.25, 0.3) is 0 Å². The SMILES string of the molecule is C.CCc1cc(C(=O)Nc2n[nH]c3c2CN(C(=O)N2C[C@@H](C)N(CC4CCOCC4)C[C@@H]2C)C3C)on1. The molecule has 0 aliphatic carbocycles. The first-order chi connectivity index (χ1) is 17.4. The number of carbonyl (C=O) groups is 2. The number of nitrogens with zero attached hydrogens (tertiary/aromatic N) is 5. The zero-order chi connectivity index (χ0) is 25.4. The molecule has 2 saturated heterocycles. The summed E-state index contributed by atoms with van der Waals surface area (Å²) in [6, 6.07) is 1.92. The Morgan fingerprint density at radius 1 is 1.14 bits per heavy atom. The van der Waals surface area contributed by atoms with Crippen LogP contribution in [-0.4, -0.2) is 86.9 Å². The molecule has 37 heavy (non-hydrogen) atoms. The minimum absolute atomic E-state index is 0. The van der Waals surface area contributed by atoms with Crippen LogP contribution in [0.15, 0.2) is 10.6 Å². The van der Waals surface area contributed by atoms with Crippen LogP contribution in [0.3, 0.4) is 0 Å². The number of amides is 3. The molecule has 11 heteroatoms. The summed E-state index contributed by atoms with van der Waals surface area (Å²) in [6.45, 7) is 13.0. The Kier molecular flexibility index (Phi) is 8.23. The van der Waals surface area contributed by atoms with Crippen LogP contribution in [0, 0.1) is 5.92 Å². The van der Waals surface area contributed by atoms with Gasteiger partial charge < -0.3 is 24.4 Å². The van der Waals surface area contributed by atoms with Gasteiger partial charge in [0, 0.05) is 56.6 Å². The Morgan fingerprint density at radius 2 is 1.89 bits per heavy atom. The molecule has 2 aromatic heterocycles. The lowest BCUT2D eigenvalue weighted by molar-refractivity contribution is 0.0127. The molecule has 0 bridgehead atoms. The van der Waals surface area contributed by atoms with Gasteiger partial charge in [-0.1, -0.05) is 19.5 Å².